The average molecular weight is 357 g/mol. The zero-order valence-electron chi connectivity index (χ0n) is 14.4. The van der Waals surface area contributed by atoms with Crippen LogP contribution in [0.15, 0.2) is 35.6 Å². The first-order valence-corrected chi connectivity index (χ1v) is 9.09. The number of aromatic nitrogens is 2. The largest absolute Gasteiger partial charge is 0.349 e. The molecule has 0 aliphatic heterocycles. The van der Waals surface area contributed by atoms with Gasteiger partial charge in [-0.15, -0.1) is 6.58 Å². The third-order valence-corrected chi connectivity index (χ3v) is 5.23. The predicted octanol–water partition coefficient (Wildman–Crippen LogP) is 3.55. The van der Waals surface area contributed by atoms with Gasteiger partial charge in [-0.1, -0.05) is 13.0 Å². The van der Waals surface area contributed by atoms with Gasteiger partial charge in [0.1, 0.15) is 0 Å². The molecule has 1 heterocycles. The van der Waals surface area contributed by atoms with Crippen molar-refractivity contribution in [1.82, 2.24) is 14.9 Å². The lowest BCUT2D eigenvalue weighted by Gasteiger charge is -2.26. The number of benzene rings is 1. The summed E-state index contributed by atoms with van der Waals surface area (Å²) in [7, 11) is 0. The van der Waals surface area contributed by atoms with Crippen molar-refractivity contribution in [3.8, 4) is 0 Å². The molecule has 0 spiro atoms. The van der Waals surface area contributed by atoms with Gasteiger partial charge < -0.3 is 10.3 Å². The van der Waals surface area contributed by atoms with Crippen molar-refractivity contribution >= 4 is 29.0 Å². The summed E-state index contributed by atoms with van der Waals surface area (Å²) in [4.78, 5) is 28.1. The lowest BCUT2D eigenvalue weighted by Crippen LogP contribution is -2.37. The Morgan fingerprint density at radius 2 is 2.12 bits per heavy atom. The Labute approximate surface area is 151 Å². The van der Waals surface area contributed by atoms with Crippen LogP contribution in [-0.2, 0) is 6.54 Å². The molecule has 2 aromatic rings. The molecule has 1 fully saturated rings. The number of hydrogen-bond donors (Lipinski definition) is 2. The standard InChI is InChI=1S/C19H23N3O2S/c1-3-10-22-18(24)15-9-6-13(11-16(15)21-19(22)25)17(23)20-14-7-4-12(2)5-8-14/h3,6,9,11-12,14H,1,4-5,7-8,10H2,2H3,(H,20,23)(H,21,25). The Bertz CT molecular complexity index is 920. The molecule has 1 aliphatic carbocycles. The van der Waals surface area contributed by atoms with E-state index in [1.165, 1.54) is 4.57 Å². The van der Waals surface area contributed by atoms with E-state index >= 15 is 0 Å². The maximum atomic E-state index is 12.5. The smallest absolute Gasteiger partial charge is 0.262 e. The number of H-pyrrole nitrogens is 1. The van der Waals surface area contributed by atoms with E-state index in [-0.39, 0.29) is 17.5 Å². The summed E-state index contributed by atoms with van der Waals surface area (Å²) in [5.74, 6) is 0.641. The van der Waals surface area contributed by atoms with E-state index < -0.39 is 0 Å². The van der Waals surface area contributed by atoms with Crippen LogP contribution in [0.3, 0.4) is 0 Å². The molecule has 1 aromatic carbocycles. The van der Waals surface area contributed by atoms with Crippen molar-refractivity contribution in [2.24, 2.45) is 5.92 Å². The van der Waals surface area contributed by atoms with Crippen molar-refractivity contribution < 1.29 is 4.79 Å². The quantitative estimate of drug-likeness (QED) is 0.649. The Morgan fingerprint density at radius 1 is 1.40 bits per heavy atom. The number of hydrogen-bond acceptors (Lipinski definition) is 3. The number of fused-ring (bicyclic) bond motifs is 1. The molecule has 0 saturated heterocycles. The third-order valence-electron chi connectivity index (χ3n) is 4.91. The molecule has 0 bridgehead atoms. The fourth-order valence-electron chi connectivity index (χ4n) is 3.36. The van der Waals surface area contributed by atoms with Crippen LogP contribution in [-0.4, -0.2) is 21.5 Å². The molecule has 1 aromatic heterocycles. The van der Waals surface area contributed by atoms with Crippen LogP contribution in [0, 0.1) is 10.7 Å². The van der Waals surface area contributed by atoms with Crippen molar-refractivity contribution in [3.05, 3.63) is 51.5 Å². The van der Waals surface area contributed by atoms with Gasteiger partial charge in [-0.05, 0) is 62.0 Å². The lowest BCUT2D eigenvalue weighted by molar-refractivity contribution is 0.0923. The van der Waals surface area contributed by atoms with Crippen molar-refractivity contribution in [2.45, 2.75) is 45.2 Å². The monoisotopic (exact) mass is 357 g/mol. The zero-order chi connectivity index (χ0) is 18.0. The maximum Gasteiger partial charge on any atom is 0.262 e. The summed E-state index contributed by atoms with van der Waals surface area (Å²) in [6, 6.07) is 5.31. The summed E-state index contributed by atoms with van der Waals surface area (Å²) < 4.78 is 1.78. The number of nitrogens with one attached hydrogen (secondary N) is 2. The molecule has 1 aliphatic rings. The second kappa shape index (κ2) is 7.35. The van der Waals surface area contributed by atoms with Gasteiger partial charge in [0, 0.05) is 18.2 Å². The van der Waals surface area contributed by atoms with Crippen molar-refractivity contribution in [2.75, 3.05) is 0 Å². The fourth-order valence-corrected chi connectivity index (χ4v) is 3.63. The van der Waals surface area contributed by atoms with E-state index in [9.17, 15) is 9.59 Å². The van der Waals surface area contributed by atoms with Crippen LogP contribution in [0.4, 0.5) is 0 Å². The highest BCUT2D eigenvalue weighted by Crippen LogP contribution is 2.23. The van der Waals surface area contributed by atoms with E-state index in [4.69, 9.17) is 12.2 Å². The minimum atomic E-state index is -0.174. The summed E-state index contributed by atoms with van der Waals surface area (Å²) in [5, 5.41) is 3.62. The topological polar surface area (TPSA) is 66.9 Å². The van der Waals surface area contributed by atoms with E-state index in [0.717, 1.165) is 31.6 Å². The molecule has 3 rings (SSSR count). The Hall–Kier alpha value is -2.21. The molecule has 0 atom stereocenters. The Balaban J connectivity index is 1.87. The van der Waals surface area contributed by atoms with E-state index in [2.05, 4.69) is 23.8 Å². The van der Waals surface area contributed by atoms with Gasteiger partial charge in [0.25, 0.3) is 11.5 Å². The number of amides is 1. The maximum absolute atomic E-state index is 12.5. The molecule has 1 saturated carbocycles. The van der Waals surface area contributed by atoms with E-state index in [1.54, 1.807) is 24.3 Å². The van der Waals surface area contributed by atoms with E-state index in [1.807, 2.05) is 0 Å². The molecule has 2 N–H and O–H groups in total. The average Bonchev–Trinajstić information content (AvgIpc) is 2.60. The van der Waals surface area contributed by atoms with Gasteiger partial charge in [-0.3, -0.25) is 14.2 Å². The van der Waals surface area contributed by atoms with Gasteiger partial charge in [0.05, 0.1) is 10.9 Å². The number of allylic oxidation sites excluding steroid dienone is 1. The summed E-state index contributed by atoms with van der Waals surface area (Å²) in [5.41, 5.74) is 0.949. The molecule has 25 heavy (non-hydrogen) atoms. The van der Waals surface area contributed by atoms with Gasteiger partial charge in [-0.2, -0.15) is 0 Å². The molecule has 0 unspecified atom stereocenters. The Morgan fingerprint density at radius 3 is 2.80 bits per heavy atom. The third kappa shape index (κ3) is 3.74. The fraction of sp³-hybridized carbons (Fsp3) is 0.421. The van der Waals surface area contributed by atoms with Gasteiger partial charge in [0.15, 0.2) is 4.77 Å². The van der Waals surface area contributed by atoms with Crippen LogP contribution in [0.5, 0.6) is 0 Å². The van der Waals surface area contributed by atoms with Crippen molar-refractivity contribution in [1.29, 1.82) is 0 Å². The van der Waals surface area contributed by atoms with E-state index in [0.29, 0.717) is 27.8 Å². The lowest BCUT2D eigenvalue weighted by atomic mass is 9.87. The molecular weight excluding hydrogens is 334 g/mol. The molecule has 132 valence electrons. The minimum absolute atomic E-state index is 0.101. The summed E-state index contributed by atoms with van der Waals surface area (Å²) in [6.45, 7) is 6.25. The number of carbonyl (C=O) groups is 1. The first-order chi connectivity index (χ1) is 12.0. The molecule has 1 amide bonds. The van der Waals surface area contributed by atoms with Crippen LogP contribution in [0.1, 0.15) is 43.0 Å². The van der Waals surface area contributed by atoms with Crippen LogP contribution in [0.2, 0.25) is 0 Å². The first kappa shape index (κ1) is 17.6. The zero-order valence-corrected chi connectivity index (χ0v) is 15.2. The number of aromatic amines is 1. The minimum Gasteiger partial charge on any atom is -0.349 e. The van der Waals surface area contributed by atoms with Crippen LogP contribution in [0.25, 0.3) is 10.9 Å². The molecular formula is C19H23N3O2S. The highest BCUT2D eigenvalue weighted by molar-refractivity contribution is 7.71. The molecule has 6 heteroatoms. The van der Waals surface area contributed by atoms with Gasteiger partial charge in [0.2, 0.25) is 0 Å². The highest BCUT2D eigenvalue weighted by Gasteiger charge is 2.20. The second-order valence-electron chi connectivity index (χ2n) is 6.83. The summed E-state index contributed by atoms with van der Waals surface area (Å²) >= 11 is 5.24. The van der Waals surface area contributed by atoms with Crippen LogP contribution >= 0.6 is 12.2 Å². The van der Waals surface area contributed by atoms with Gasteiger partial charge in [-0.25, -0.2) is 0 Å². The summed E-state index contributed by atoms with van der Waals surface area (Å²) in [6.07, 6.45) is 5.98. The number of rotatable bonds is 4. The first-order valence-electron chi connectivity index (χ1n) is 8.68. The normalized spacial score (nSPS) is 20.4. The molecule has 0 radical (unpaired) electrons. The number of nitrogens with zero attached hydrogens (tertiary/aromatic N) is 1. The SMILES string of the molecule is C=CCn1c(=S)[nH]c2cc(C(=O)NC3CCC(C)CC3)ccc2c1=O. The van der Waals surface area contributed by atoms with Crippen LogP contribution < -0.4 is 10.9 Å². The van der Waals surface area contributed by atoms with Gasteiger partial charge >= 0.3 is 0 Å². The Kier molecular flexibility index (Phi) is 5.18. The van der Waals surface area contributed by atoms with Crippen molar-refractivity contribution in [3.63, 3.8) is 0 Å². The predicted molar refractivity (Wildman–Crippen MR) is 102 cm³/mol. The second-order valence-corrected chi connectivity index (χ2v) is 7.21. The number of carbonyl (C=O) groups excluding carboxylic acids is 1. The highest BCUT2D eigenvalue weighted by atomic mass is 32.1. The molecule has 5 nitrogen and oxygen atoms in total.